The van der Waals surface area contributed by atoms with Gasteiger partial charge in [-0.1, -0.05) is 18.6 Å². The molecule has 0 saturated carbocycles. The van der Waals surface area contributed by atoms with Gasteiger partial charge in [-0.3, -0.25) is 9.47 Å². The van der Waals surface area contributed by atoms with Gasteiger partial charge in [0.2, 0.25) is 0 Å². The molecule has 1 unspecified atom stereocenters. The van der Waals surface area contributed by atoms with Crippen molar-refractivity contribution in [2.45, 2.75) is 51.7 Å². The van der Waals surface area contributed by atoms with E-state index in [1.54, 1.807) is 0 Å². The molecule has 1 saturated heterocycles. The van der Waals surface area contributed by atoms with Crippen LogP contribution >= 0.6 is 0 Å². The van der Waals surface area contributed by atoms with Crippen LogP contribution < -0.4 is 5.69 Å². The van der Waals surface area contributed by atoms with E-state index in [9.17, 15) is 4.79 Å². The second-order valence-electron chi connectivity index (χ2n) is 6.04. The lowest BCUT2D eigenvalue weighted by Gasteiger charge is -2.38. The zero-order chi connectivity index (χ0) is 14.1. The van der Waals surface area contributed by atoms with E-state index in [0.717, 1.165) is 24.1 Å². The molecule has 20 heavy (non-hydrogen) atoms. The standard InChI is InChI=1S/C16H23N3O/c1-12(2)18-10-6-5-7-13(18)11-19-15-9-4-3-8-14(15)17-16(19)20/h3-4,8-9,12-13H,5-7,10-11H2,1-2H3,(H,17,20). The van der Waals surface area contributed by atoms with Crippen LogP contribution in [0.1, 0.15) is 33.1 Å². The monoisotopic (exact) mass is 273 g/mol. The highest BCUT2D eigenvalue weighted by Crippen LogP contribution is 2.21. The zero-order valence-corrected chi connectivity index (χ0v) is 12.3. The number of aromatic amines is 1. The van der Waals surface area contributed by atoms with Crippen molar-refractivity contribution < 1.29 is 0 Å². The van der Waals surface area contributed by atoms with Crippen molar-refractivity contribution in [3.05, 3.63) is 34.7 Å². The minimum atomic E-state index is 0.0143. The van der Waals surface area contributed by atoms with Crippen LogP contribution in [-0.4, -0.2) is 33.1 Å². The van der Waals surface area contributed by atoms with Crippen LogP contribution in [0.15, 0.2) is 29.1 Å². The number of benzene rings is 1. The van der Waals surface area contributed by atoms with Crippen LogP contribution in [0.4, 0.5) is 0 Å². The number of likely N-dealkylation sites (tertiary alicyclic amines) is 1. The summed E-state index contributed by atoms with van der Waals surface area (Å²) in [5, 5.41) is 0. The first-order valence-electron chi connectivity index (χ1n) is 7.60. The van der Waals surface area contributed by atoms with Crippen molar-refractivity contribution >= 4 is 11.0 Å². The second-order valence-corrected chi connectivity index (χ2v) is 6.04. The summed E-state index contributed by atoms with van der Waals surface area (Å²) >= 11 is 0. The van der Waals surface area contributed by atoms with Crippen molar-refractivity contribution in [3.63, 3.8) is 0 Å². The molecule has 0 radical (unpaired) electrons. The van der Waals surface area contributed by atoms with E-state index in [-0.39, 0.29) is 5.69 Å². The lowest BCUT2D eigenvalue weighted by Crippen LogP contribution is -2.46. The average Bonchev–Trinajstić information content (AvgIpc) is 2.76. The van der Waals surface area contributed by atoms with E-state index in [1.165, 1.54) is 19.3 Å². The first-order valence-corrected chi connectivity index (χ1v) is 7.60. The number of piperidine rings is 1. The minimum Gasteiger partial charge on any atom is -0.306 e. The number of H-pyrrole nitrogens is 1. The van der Waals surface area contributed by atoms with Crippen LogP contribution in [0.3, 0.4) is 0 Å². The summed E-state index contributed by atoms with van der Waals surface area (Å²) in [4.78, 5) is 17.7. The maximum Gasteiger partial charge on any atom is 0.326 e. The van der Waals surface area contributed by atoms with Gasteiger partial charge in [-0.15, -0.1) is 0 Å². The minimum absolute atomic E-state index is 0.0143. The van der Waals surface area contributed by atoms with Crippen LogP contribution in [0.25, 0.3) is 11.0 Å². The summed E-state index contributed by atoms with van der Waals surface area (Å²) in [6.07, 6.45) is 3.73. The Morgan fingerprint density at radius 2 is 2.10 bits per heavy atom. The highest BCUT2D eigenvalue weighted by molar-refractivity contribution is 5.74. The van der Waals surface area contributed by atoms with Crippen LogP contribution in [-0.2, 0) is 6.54 Å². The summed E-state index contributed by atoms with van der Waals surface area (Å²) in [7, 11) is 0. The van der Waals surface area contributed by atoms with Crippen molar-refractivity contribution in [1.82, 2.24) is 14.5 Å². The maximum absolute atomic E-state index is 12.2. The molecule has 1 aliphatic heterocycles. The largest absolute Gasteiger partial charge is 0.326 e. The number of rotatable bonds is 3. The third kappa shape index (κ3) is 2.40. The molecule has 1 N–H and O–H groups in total. The lowest BCUT2D eigenvalue weighted by atomic mass is 10.0. The number of hydrogen-bond donors (Lipinski definition) is 1. The number of nitrogens with zero attached hydrogens (tertiary/aromatic N) is 2. The molecule has 3 rings (SSSR count). The molecular formula is C16H23N3O. The molecule has 1 atom stereocenters. The van der Waals surface area contributed by atoms with E-state index in [2.05, 4.69) is 23.7 Å². The molecule has 0 bridgehead atoms. The summed E-state index contributed by atoms with van der Waals surface area (Å²) in [6, 6.07) is 8.96. The molecule has 2 heterocycles. The van der Waals surface area contributed by atoms with Gasteiger partial charge in [-0.05, 0) is 45.4 Å². The average molecular weight is 273 g/mol. The quantitative estimate of drug-likeness (QED) is 0.934. The SMILES string of the molecule is CC(C)N1CCCCC1Cn1c(=O)[nH]c2ccccc21. The van der Waals surface area contributed by atoms with Crippen molar-refractivity contribution in [2.75, 3.05) is 6.54 Å². The lowest BCUT2D eigenvalue weighted by molar-refractivity contribution is 0.0993. The fraction of sp³-hybridized carbons (Fsp3) is 0.562. The summed E-state index contributed by atoms with van der Waals surface area (Å²) in [5.41, 5.74) is 1.97. The number of aromatic nitrogens is 2. The number of hydrogen-bond acceptors (Lipinski definition) is 2. The van der Waals surface area contributed by atoms with Gasteiger partial charge in [0.25, 0.3) is 0 Å². The molecule has 1 aromatic carbocycles. The normalized spacial score (nSPS) is 20.9. The Morgan fingerprint density at radius 3 is 2.90 bits per heavy atom. The van der Waals surface area contributed by atoms with E-state index < -0.39 is 0 Å². The molecule has 1 aliphatic rings. The van der Waals surface area contributed by atoms with Gasteiger partial charge in [-0.2, -0.15) is 0 Å². The molecule has 2 aromatic rings. The summed E-state index contributed by atoms with van der Waals surface area (Å²) in [5.74, 6) is 0. The van der Waals surface area contributed by atoms with Gasteiger partial charge in [-0.25, -0.2) is 4.79 Å². The summed E-state index contributed by atoms with van der Waals surface area (Å²) in [6.45, 7) is 6.44. The smallest absolute Gasteiger partial charge is 0.306 e. The molecule has 4 nitrogen and oxygen atoms in total. The predicted molar refractivity (Wildman–Crippen MR) is 82.0 cm³/mol. The first-order chi connectivity index (χ1) is 9.66. The second kappa shape index (κ2) is 5.44. The van der Waals surface area contributed by atoms with Crippen molar-refractivity contribution in [3.8, 4) is 0 Å². The van der Waals surface area contributed by atoms with Gasteiger partial charge in [0.1, 0.15) is 0 Å². The Kier molecular flexibility index (Phi) is 3.66. The molecule has 1 fully saturated rings. The fourth-order valence-electron chi connectivity index (χ4n) is 3.40. The van der Waals surface area contributed by atoms with E-state index >= 15 is 0 Å². The highest BCUT2D eigenvalue weighted by atomic mass is 16.1. The molecule has 0 amide bonds. The molecule has 4 heteroatoms. The third-order valence-corrected chi connectivity index (χ3v) is 4.41. The maximum atomic E-state index is 12.2. The van der Waals surface area contributed by atoms with E-state index in [0.29, 0.717) is 12.1 Å². The number of para-hydroxylation sites is 2. The van der Waals surface area contributed by atoms with Crippen LogP contribution in [0.2, 0.25) is 0 Å². The van der Waals surface area contributed by atoms with Gasteiger partial charge in [0.15, 0.2) is 0 Å². The Balaban J connectivity index is 1.92. The van der Waals surface area contributed by atoms with Gasteiger partial charge in [0.05, 0.1) is 11.0 Å². The van der Waals surface area contributed by atoms with Crippen molar-refractivity contribution in [2.24, 2.45) is 0 Å². The summed E-state index contributed by atoms with van der Waals surface area (Å²) < 4.78 is 1.90. The number of fused-ring (bicyclic) bond motifs is 1. The Labute approximate surface area is 119 Å². The number of nitrogens with one attached hydrogen (secondary N) is 1. The van der Waals surface area contributed by atoms with Crippen LogP contribution in [0, 0.1) is 0 Å². The highest BCUT2D eigenvalue weighted by Gasteiger charge is 2.25. The molecule has 108 valence electrons. The molecule has 1 aromatic heterocycles. The van der Waals surface area contributed by atoms with E-state index in [1.807, 2.05) is 28.8 Å². The third-order valence-electron chi connectivity index (χ3n) is 4.41. The van der Waals surface area contributed by atoms with E-state index in [4.69, 9.17) is 0 Å². The van der Waals surface area contributed by atoms with Gasteiger partial charge >= 0.3 is 5.69 Å². The van der Waals surface area contributed by atoms with Crippen molar-refractivity contribution in [1.29, 1.82) is 0 Å². The predicted octanol–water partition coefficient (Wildman–Crippen LogP) is 2.59. The fourth-order valence-corrected chi connectivity index (χ4v) is 3.40. The molecule has 0 spiro atoms. The zero-order valence-electron chi connectivity index (χ0n) is 12.3. The van der Waals surface area contributed by atoms with Crippen LogP contribution in [0.5, 0.6) is 0 Å². The molecular weight excluding hydrogens is 250 g/mol. The molecule has 0 aliphatic carbocycles. The topological polar surface area (TPSA) is 41.0 Å². The van der Waals surface area contributed by atoms with Gasteiger partial charge in [0, 0.05) is 18.6 Å². The Hall–Kier alpha value is -1.55. The first kappa shape index (κ1) is 13.4. The van der Waals surface area contributed by atoms with Gasteiger partial charge < -0.3 is 4.98 Å². The Morgan fingerprint density at radius 1 is 1.30 bits per heavy atom. The Bertz CT molecular complexity index is 640. The number of imidazole rings is 1.